The van der Waals surface area contributed by atoms with Crippen molar-refractivity contribution in [2.75, 3.05) is 11.1 Å². The molecule has 6 nitrogen and oxygen atoms in total. The minimum absolute atomic E-state index is 0.0874. The van der Waals surface area contributed by atoms with Gasteiger partial charge in [-0.15, -0.1) is 10.2 Å². The third kappa shape index (κ3) is 6.46. The van der Waals surface area contributed by atoms with E-state index < -0.39 is 0 Å². The lowest BCUT2D eigenvalue weighted by atomic mass is 10.2. The molecule has 0 aliphatic rings. The number of carbonyl (C=O) groups excluding carboxylic acids is 1. The van der Waals surface area contributed by atoms with Gasteiger partial charge in [-0.2, -0.15) is 0 Å². The van der Waals surface area contributed by atoms with Crippen LogP contribution >= 0.6 is 11.8 Å². The molecule has 1 heterocycles. The lowest BCUT2D eigenvalue weighted by Crippen LogP contribution is -2.15. The second kappa shape index (κ2) is 10.8. The summed E-state index contributed by atoms with van der Waals surface area (Å²) in [5.41, 5.74) is 4.23. The number of nitrogens with zero attached hydrogens (tertiary/aromatic N) is 3. The molecule has 33 heavy (non-hydrogen) atoms. The maximum atomic E-state index is 12.5. The fourth-order valence-corrected chi connectivity index (χ4v) is 3.96. The Labute approximate surface area is 198 Å². The predicted octanol–water partition coefficient (Wildman–Crippen LogP) is 5.25. The molecule has 0 atom stereocenters. The Morgan fingerprint density at radius 3 is 2.27 bits per heavy atom. The number of hydrogen-bond donors (Lipinski definition) is 1. The van der Waals surface area contributed by atoms with Gasteiger partial charge in [-0.1, -0.05) is 77.5 Å². The molecule has 0 saturated carbocycles. The van der Waals surface area contributed by atoms with Crippen LogP contribution in [0.5, 0.6) is 5.75 Å². The number of rotatable bonds is 9. The minimum Gasteiger partial charge on any atom is -0.486 e. The Morgan fingerprint density at radius 1 is 0.909 bits per heavy atom. The van der Waals surface area contributed by atoms with E-state index in [1.165, 1.54) is 17.3 Å². The van der Waals surface area contributed by atoms with E-state index in [1.807, 2.05) is 85.1 Å². The predicted molar refractivity (Wildman–Crippen MR) is 132 cm³/mol. The van der Waals surface area contributed by atoms with Gasteiger partial charge in [0.25, 0.3) is 0 Å². The van der Waals surface area contributed by atoms with Crippen molar-refractivity contribution in [1.29, 1.82) is 0 Å². The number of amides is 1. The third-order valence-corrected chi connectivity index (χ3v) is 6.00. The molecule has 168 valence electrons. The van der Waals surface area contributed by atoms with Crippen LogP contribution < -0.4 is 10.1 Å². The molecule has 0 unspecified atom stereocenters. The molecule has 0 aliphatic carbocycles. The maximum Gasteiger partial charge on any atom is 0.234 e. The largest absolute Gasteiger partial charge is 0.486 e. The van der Waals surface area contributed by atoms with E-state index in [4.69, 9.17) is 4.74 Å². The van der Waals surface area contributed by atoms with E-state index in [-0.39, 0.29) is 11.7 Å². The average Bonchev–Trinajstić information content (AvgIpc) is 3.21. The summed E-state index contributed by atoms with van der Waals surface area (Å²) >= 11 is 1.36. The minimum atomic E-state index is -0.0874. The summed E-state index contributed by atoms with van der Waals surface area (Å²) in [7, 11) is 0. The number of carbonyl (C=O) groups is 1. The average molecular weight is 459 g/mol. The van der Waals surface area contributed by atoms with Crippen molar-refractivity contribution in [3.8, 4) is 5.75 Å². The first kappa shape index (κ1) is 22.6. The summed E-state index contributed by atoms with van der Waals surface area (Å²) in [6.45, 7) is 4.95. The Bertz CT molecular complexity index is 1190. The van der Waals surface area contributed by atoms with Crippen LogP contribution in [-0.4, -0.2) is 26.4 Å². The van der Waals surface area contributed by atoms with Gasteiger partial charge in [0.05, 0.1) is 12.3 Å². The summed E-state index contributed by atoms with van der Waals surface area (Å²) in [5, 5.41) is 12.3. The summed E-state index contributed by atoms with van der Waals surface area (Å²) in [5.74, 6) is 1.64. The third-order valence-electron chi connectivity index (χ3n) is 5.03. The molecule has 0 radical (unpaired) electrons. The molecule has 1 N–H and O–H groups in total. The van der Waals surface area contributed by atoms with Crippen LogP contribution in [0.4, 0.5) is 5.69 Å². The van der Waals surface area contributed by atoms with Crippen LogP contribution in [0.15, 0.2) is 84.0 Å². The first-order chi connectivity index (χ1) is 16.1. The molecule has 4 aromatic rings. The molecule has 1 aromatic heterocycles. The molecule has 0 spiro atoms. The van der Waals surface area contributed by atoms with Crippen molar-refractivity contribution in [2.24, 2.45) is 0 Å². The number of aromatic nitrogens is 3. The van der Waals surface area contributed by atoms with Crippen LogP contribution in [0.3, 0.4) is 0 Å². The lowest BCUT2D eigenvalue weighted by molar-refractivity contribution is -0.113. The van der Waals surface area contributed by atoms with Crippen LogP contribution in [-0.2, 0) is 17.9 Å². The zero-order valence-corrected chi connectivity index (χ0v) is 19.5. The zero-order chi connectivity index (χ0) is 23.0. The van der Waals surface area contributed by atoms with Crippen LogP contribution in [0.25, 0.3) is 0 Å². The molecule has 0 saturated heterocycles. The fraction of sp³-hybridized carbons (Fsp3) is 0.192. The molecular formula is C26H26N4O2S. The first-order valence-corrected chi connectivity index (χ1v) is 11.7. The first-order valence-electron chi connectivity index (χ1n) is 10.7. The van der Waals surface area contributed by atoms with E-state index in [2.05, 4.69) is 27.6 Å². The van der Waals surface area contributed by atoms with Gasteiger partial charge >= 0.3 is 0 Å². The molecule has 4 rings (SSSR count). The Morgan fingerprint density at radius 2 is 1.58 bits per heavy atom. The summed E-state index contributed by atoms with van der Waals surface area (Å²) in [4.78, 5) is 12.5. The van der Waals surface area contributed by atoms with E-state index in [0.717, 1.165) is 22.6 Å². The van der Waals surface area contributed by atoms with Gasteiger partial charge in [-0.05, 0) is 43.7 Å². The molecular weight excluding hydrogens is 432 g/mol. The van der Waals surface area contributed by atoms with Crippen molar-refractivity contribution < 1.29 is 9.53 Å². The number of ether oxygens (including phenoxy) is 1. The maximum absolute atomic E-state index is 12.5. The van der Waals surface area contributed by atoms with Gasteiger partial charge in [0.15, 0.2) is 11.0 Å². The summed E-state index contributed by atoms with van der Waals surface area (Å²) in [6, 6.07) is 25.8. The topological polar surface area (TPSA) is 69.0 Å². The van der Waals surface area contributed by atoms with Gasteiger partial charge < -0.3 is 10.1 Å². The van der Waals surface area contributed by atoms with Crippen molar-refractivity contribution >= 4 is 23.4 Å². The SMILES string of the molecule is Cc1ccc(NC(=O)CSc2nnc(COc3ccc(C)cc3)n2Cc2ccccc2)cc1. The number of aryl methyl sites for hydroxylation is 2. The van der Waals surface area contributed by atoms with Crippen LogP contribution in [0, 0.1) is 13.8 Å². The highest BCUT2D eigenvalue weighted by Gasteiger charge is 2.15. The van der Waals surface area contributed by atoms with Crippen molar-refractivity contribution in [3.63, 3.8) is 0 Å². The van der Waals surface area contributed by atoms with Gasteiger partial charge in [0.2, 0.25) is 5.91 Å². The second-order valence-corrected chi connectivity index (χ2v) is 8.72. The highest BCUT2D eigenvalue weighted by molar-refractivity contribution is 7.99. The number of anilines is 1. The van der Waals surface area contributed by atoms with Gasteiger partial charge in [0.1, 0.15) is 12.4 Å². The molecule has 3 aromatic carbocycles. The normalized spacial score (nSPS) is 10.7. The van der Waals surface area contributed by atoms with Crippen molar-refractivity contribution in [2.45, 2.75) is 32.2 Å². The Kier molecular flexibility index (Phi) is 7.42. The van der Waals surface area contributed by atoms with Gasteiger partial charge in [-0.3, -0.25) is 9.36 Å². The smallest absolute Gasteiger partial charge is 0.234 e. The number of nitrogens with one attached hydrogen (secondary N) is 1. The highest BCUT2D eigenvalue weighted by Crippen LogP contribution is 2.21. The van der Waals surface area contributed by atoms with Gasteiger partial charge in [-0.25, -0.2) is 0 Å². The van der Waals surface area contributed by atoms with Crippen molar-refractivity contribution in [3.05, 3.63) is 101 Å². The second-order valence-electron chi connectivity index (χ2n) is 7.78. The van der Waals surface area contributed by atoms with E-state index >= 15 is 0 Å². The van der Waals surface area contributed by atoms with Crippen LogP contribution in [0.2, 0.25) is 0 Å². The fourth-order valence-electron chi connectivity index (χ4n) is 3.20. The molecule has 0 aliphatic heterocycles. The van der Waals surface area contributed by atoms with E-state index in [1.54, 1.807) is 0 Å². The molecule has 1 amide bonds. The van der Waals surface area contributed by atoms with Gasteiger partial charge in [0, 0.05) is 5.69 Å². The number of benzene rings is 3. The quantitative estimate of drug-likeness (QED) is 0.347. The molecule has 0 fully saturated rings. The molecule has 0 bridgehead atoms. The Balaban J connectivity index is 1.45. The Hall–Kier alpha value is -3.58. The lowest BCUT2D eigenvalue weighted by Gasteiger charge is -2.11. The van der Waals surface area contributed by atoms with Crippen LogP contribution in [0.1, 0.15) is 22.5 Å². The van der Waals surface area contributed by atoms with Crippen molar-refractivity contribution in [1.82, 2.24) is 14.8 Å². The van der Waals surface area contributed by atoms with E-state index in [9.17, 15) is 4.79 Å². The summed E-state index contributed by atoms with van der Waals surface area (Å²) in [6.07, 6.45) is 0. The number of thioether (sulfide) groups is 1. The number of hydrogen-bond acceptors (Lipinski definition) is 5. The zero-order valence-electron chi connectivity index (χ0n) is 18.7. The summed E-state index contributed by atoms with van der Waals surface area (Å²) < 4.78 is 7.95. The highest BCUT2D eigenvalue weighted by atomic mass is 32.2. The van der Waals surface area contributed by atoms with E-state index in [0.29, 0.717) is 24.1 Å². The molecule has 7 heteroatoms. The monoisotopic (exact) mass is 458 g/mol. The standard InChI is InChI=1S/C26H26N4O2S/c1-19-8-12-22(13-9-19)27-25(31)18-33-26-29-28-24(17-32-23-14-10-20(2)11-15-23)30(26)16-21-6-4-3-5-7-21/h3-15H,16-18H2,1-2H3,(H,27,31).